The summed E-state index contributed by atoms with van der Waals surface area (Å²) in [6, 6.07) is 9.03. The van der Waals surface area contributed by atoms with Gasteiger partial charge in [-0.1, -0.05) is 12.1 Å². The molecule has 0 saturated heterocycles. The number of carboxylic acids is 1. The first-order valence-electron chi connectivity index (χ1n) is 7.94. The molecule has 26 heavy (non-hydrogen) atoms. The second-order valence-corrected chi connectivity index (χ2v) is 5.64. The molecule has 0 spiro atoms. The summed E-state index contributed by atoms with van der Waals surface area (Å²) < 4.78 is 5.51. The number of nitrogens with one attached hydrogen (secondary N) is 3. The summed E-state index contributed by atoms with van der Waals surface area (Å²) in [7, 11) is 0. The Balaban J connectivity index is 1.99. The average molecular weight is 359 g/mol. The molecule has 1 aromatic heterocycles. The first kappa shape index (κ1) is 18.8. The van der Waals surface area contributed by atoms with Gasteiger partial charge >= 0.3 is 5.97 Å². The lowest BCUT2D eigenvalue weighted by atomic mass is 10.1. The van der Waals surface area contributed by atoms with Gasteiger partial charge in [0.2, 0.25) is 0 Å². The summed E-state index contributed by atoms with van der Waals surface area (Å²) >= 11 is 0. The normalized spacial score (nSPS) is 11.5. The molecule has 0 unspecified atom stereocenters. The molecule has 138 valence electrons. The molecule has 2 rings (SSSR count). The van der Waals surface area contributed by atoms with Crippen LogP contribution in [0.3, 0.4) is 0 Å². The molecule has 9 heteroatoms. The van der Waals surface area contributed by atoms with E-state index >= 15 is 0 Å². The van der Waals surface area contributed by atoms with Crippen molar-refractivity contribution in [3.05, 3.63) is 42.2 Å². The molecule has 0 aliphatic heterocycles. The zero-order chi connectivity index (χ0) is 19.1. The fourth-order valence-corrected chi connectivity index (χ4v) is 2.32. The number of guanidine groups is 1. The third-order valence-electron chi connectivity index (χ3n) is 3.59. The van der Waals surface area contributed by atoms with E-state index < -0.39 is 17.9 Å². The highest BCUT2D eigenvalue weighted by molar-refractivity contribution is 5.94. The van der Waals surface area contributed by atoms with Crippen LogP contribution in [-0.2, 0) is 4.79 Å². The number of furan rings is 1. The van der Waals surface area contributed by atoms with E-state index in [-0.39, 0.29) is 18.1 Å². The van der Waals surface area contributed by atoms with Crippen molar-refractivity contribution in [1.82, 2.24) is 10.6 Å². The number of rotatable bonds is 8. The molecule has 1 heterocycles. The van der Waals surface area contributed by atoms with Gasteiger partial charge in [0.25, 0.3) is 5.91 Å². The minimum absolute atomic E-state index is 0.00976. The van der Waals surface area contributed by atoms with Crippen LogP contribution in [0.2, 0.25) is 0 Å². The molecule has 1 amide bonds. The lowest BCUT2D eigenvalue weighted by molar-refractivity contribution is -0.139. The molecule has 1 aromatic carbocycles. The van der Waals surface area contributed by atoms with Gasteiger partial charge in [0, 0.05) is 17.8 Å². The first-order valence-corrected chi connectivity index (χ1v) is 7.94. The van der Waals surface area contributed by atoms with Crippen LogP contribution in [0, 0.1) is 5.41 Å². The molecule has 1 atom stereocenters. The third kappa shape index (κ3) is 5.26. The Morgan fingerprint density at radius 1 is 1.27 bits per heavy atom. The quantitative estimate of drug-likeness (QED) is 0.177. The molecule has 2 aromatic rings. The molecule has 0 saturated carbocycles. The van der Waals surface area contributed by atoms with Crippen LogP contribution >= 0.6 is 0 Å². The molecular formula is C17H21N5O4. The van der Waals surface area contributed by atoms with Crippen molar-refractivity contribution in [2.75, 3.05) is 12.3 Å². The summed E-state index contributed by atoms with van der Waals surface area (Å²) in [6.07, 6.45) is 0.605. The first-order chi connectivity index (χ1) is 12.4. The van der Waals surface area contributed by atoms with E-state index in [1.165, 1.54) is 6.07 Å². The highest BCUT2D eigenvalue weighted by Gasteiger charge is 2.22. The van der Waals surface area contributed by atoms with Crippen molar-refractivity contribution >= 4 is 23.5 Å². The predicted octanol–water partition coefficient (Wildman–Crippen LogP) is 0.975. The van der Waals surface area contributed by atoms with Gasteiger partial charge in [-0.3, -0.25) is 10.2 Å². The minimum atomic E-state index is -1.15. The average Bonchev–Trinajstić information content (AvgIpc) is 3.07. The number of benzene rings is 1. The van der Waals surface area contributed by atoms with Gasteiger partial charge in [0.15, 0.2) is 11.7 Å². The number of carboxylic acid groups (broad SMARTS) is 1. The van der Waals surface area contributed by atoms with Crippen molar-refractivity contribution in [3.8, 4) is 11.3 Å². The summed E-state index contributed by atoms with van der Waals surface area (Å²) in [5, 5.41) is 21.3. The maximum atomic E-state index is 12.2. The lowest BCUT2D eigenvalue weighted by Gasteiger charge is -2.13. The standard InChI is InChI=1S/C17H21N5O4/c18-11-4-1-3-10(9-11)13-6-7-14(26-13)15(23)22-12(16(24)25)5-2-8-21-17(19)20/h1,3-4,6-7,9,12H,2,5,8,18H2,(H,22,23)(H,24,25)(H4,19,20,21)/t12-/m0/s1. The number of carbonyl (C=O) groups excluding carboxylic acids is 1. The Hall–Kier alpha value is -3.49. The fourth-order valence-electron chi connectivity index (χ4n) is 2.32. The van der Waals surface area contributed by atoms with Crippen molar-refractivity contribution in [3.63, 3.8) is 0 Å². The lowest BCUT2D eigenvalue weighted by Crippen LogP contribution is -2.41. The van der Waals surface area contributed by atoms with Crippen molar-refractivity contribution < 1.29 is 19.1 Å². The Bertz CT molecular complexity index is 802. The Labute approximate surface area is 149 Å². The van der Waals surface area contributed by atoms with Gasteiger partial charge in [0.05, 0.1) is 0 Å². The zero-order valence-electron chi connectivity index (χ0n) is 14.0. The van der Waals surface area contributed by atoms with Crippen LogP contribution in [0.5, 0.6) is 0 Å². The SMILES string of the molecule is N=C(N)NCCC[C@H](NC(=O)c1ccc(-c2cccc(N)c2)o1)C(=O)O. The summed E-state index contributed by atoms with van der Waals surface area (Å²) in [5.74, 6) is -1.49. The topological polar surface area (TPSA) is 167 Å². The van der Waals surface area contributed by atoms with E-state index in [1.54, 1.807) is 30.3 Å². The predicted molar refractivity (Wildman–Crippen MR) is 96.6 cm³/mol. The smallest absolute Gasteiger partial charge is 0.326 e. The second-order valence-electron chi connectivity index (χ2n) is 5.64. The minimum Gasteiger partial charge on any atom is -0.480 e. The molecule has 0 bridgehead atoms. The van der Waals surface area contributed by atoms with Gasteiger partial charge in [-0.25, -0.2) is 4.79 Å². The molecule has 9 nitrogen and oxygen atoms in total. The highest BCUT2D eigenvalue weighted by atomic mass is 16.4. The van der Waals surface area contributed by atoms with E-state index in [2.05, 4.69) is 10.6 Å². The largest absolute Gasteiger partial charge is 0.480 e. The zero-order valence-corrected chi connectivity index (χ0v) is 14.0. The number of hydrogen-bond donors (Lipinski definition) is 6. The van der Waals surface area contributed by atoms with Crippen LogP contribution in [0.4, 0.5) is 5.69 Å². The fraction of sp³-hybridized carbons (Fsp3) is 0.235. The van der Waals surface area contributed by atoms with Crippen molar-refractivity contribution in [2.24, 2.45) is 5.73 Å². The Morgan fingerprint density at radius 2 is 2.04 bits per heavy atom. The Kier molecular flexibility index (Phi) is 6.20. The van der Waals surface area contributed by atoms with Gasteiger partial charge < -0.3 is 31.6 Å². The third-order valence-corrected chi connectivity index (χ3v) is 3.59. The number of aliphatic carboxylic acids is 1. The van der Waals surface area contributed by atoms with Crippen LogP contribution in [0.1, 0.15) is 23.4 Å². The molecule has 0 fully saturated rings. The summed E-state index contributed by atoms with van der Waals surface area (Å²) in [5.41, 5.74) is 12.2. The van der Waals surface area contributed by atoms with Crippen LogP contribution < -0.4 is 22.1 Å². The molecule has 8 N–H and O–H groups in total. The van der Waals surface area contributed by atoms with Gasteiger partial charge in [-0.15, -0.1) is 0 Å². The van der Waals surface area contributed by atoms with Crippen molar-refractivity contribution in [1.29, 1.82) is 5.41 Å². The number of nitrogens with two attached hydrogens (primary N) is 2. The van der Waals surface area contributed by atoms with Crippen LogP contribution in [0.25, 0.3) is 11.3 Å². The number of carbonyl (C=O) groups is 2. The van der Waals surface area contributed by atoms with Crippen LogP contribution in [-0.4, -0.2) is 35.5 Å². The molecule has 0 radical (unpaired) electrons. The second kappa shape index (κ2) is 8.56. The van der Waals surface area contributed by atoms with E-state index in [4.69, 9.17) is 21.3 Å². The van der Waals surface area contributed by atoms with Gasteiger partial charge in [0.1, 0.15) is 11.8 Å². The number of nitrogen functional groups attached to an aromatic ring is 1. The number of anilines is 1. The summed E-state index contributed by atoms with van der Waals surface area (Å²) in [4.78, 5) is 23.6. The van der Waals surface area contributed by atoms with Gasteiger partial charge in [-0.2, -0.15) is 0 Å². The maximum absolute atomic E-state index is 12.2. The highest BCUT2D eigenvalue weighted by Crippen LogP contribution is 2.23. The molecule has 0 aliphatic carbocycles. The number of amides is 1. The Morgan fingerprint density at radius 3 is 2.69 bits per heavy atom. The molecule has 0 aliphatic rings. The molecular weight excluding hydrogens is 338 g/mol. The number of hydrogen-bond acceptors (Lipinski definition) is 5. The van der Waals surface area contributed by atoms with E-state index in [9.17, 15) is 14.7 Å². The monoisotopic (exact) mass is 359 g/mol. The van der Waals surface area contributed by atoms with Crippen molar-refractivity contribution in [2.45, 2.75) is 18.9 Å². The van der Waals surface area contributed by atoms with E-state index in [0.717, 1.165) is 0 Å². The summed E-state index contributed by atoms with van der Waals surface area (Å²) in [6.45, 7) is 0.343. The van der Waals surface area contributed by atoms with Gasteiger partial charge in [-0.05, 0) is 37.1 Å². The van der Waals surface area contributed by atoms with E-state index in [1.807, 2.05) is 0 Å². The van der Waals surface area contributed by atoms with E-state index in [0.29, 0.717) is 30.0 Å². The maximum Gasteiger partial charge on any atom is 0.326 e. The van der Waals surface area contributed by atoms with Crippen LogP contribution in [0.15, 0.2) is 40.8 Å².